The Hall–Kier alpha value is -3.04. The molecule has 136 valence electrons. The Morgan fingerprint density at radius 3 is 3.00 bits per heavy atom. The third-order valence-electron chi connectivity index (χ3n) is 4.63. The minimum atomic E-state index is 0.181. The van der Waals surface area contributed by atoms with Gasteiger partial charge in [-0.1, -0.05) is 11.6 Å². The van der Waals surface area contributed by atoms with E-state index in [1.54, 1.807) is 31.1 Å². The van der Waals surface area contributed by atoms with Gasteiger partial charge in [-0.05, 0) is 6.07 Å². The van der Waals surface area contributed by atoms with E-state index in [0.29, 0.717) is 16.6 Å². The molecule has 0 radical (unpaired) electrons. The number of anilines is 1. The van der Waals surface area contributed by atoms with Crippen molar-refractivity contribution in [3.8, 4) is 11.5 Å². The number of hydrogen-bond acceptors (Lipinski definition) is 7. The van der Waals surface area contributed by atoms with Crippen molar-refractivity contribution in [1.29, 1.82) is 0 Å². The van der Waals surface area contributed by atoms with E-state index < -0.39 is 0 Å². The predicted octanol–water partition coefficient (Wildman–Crippen LogP) is 1.71. The molecule has 1 atom stereocenters. The van der Waals surface area contributed by atoms with E-state index in [4.69, 9.17) is 16.6 Å². The number of fused-ring (bicyclic) bond motifs is 1. The second-order valence-corrected chi connectivity index (χ2v) is 6.67. The minimum Gasteiger partial charge on any atom is -0.353 e. The lowest BCUT2D eigenvalue weighted by Gasteiger charge is -2.34. The summed E-state index contributed by atoms with van der Waals surface area (Å²) < 4.78 is 1.85. The first-order valence-electron chi connectivity index (χ1n) is 8.56. The van der Waals surface area contributed by atoms with Gasteiger partial charge in [0, 0.05) is 38.2 Å². The van der Waals surface area contributed by atoms with Crippen molar-refractivity contribution in [2.45, 2.75) is 6.04 Å². The monoisotopic (exact) mass is 381 g/mol. The van der Waals surface area contributed by atoms with Crippen LogP contribution in [0.5, 0.6) is 0 Å². The molecule has 1 unspecified atom stereocenters. The molecule has 0 aliphatic carbocycles. The molecule has 1 aliphatic rings. The van der Waals surface area contributed by atoms with Crippen molar-refractivity contribution in [2.24, 2.45) is 0 Å². The molecule has 5 rings (SSSR count). The average Bonchev–Trinajstić information content (AvgIpc) is 3.38. The molecule has 0 bridgehead atoms. The maximum Gasteiger partial charge on any atom is 0.180 e. The number of aromatic nitrogens is 7. The first kappa shape index (κ1) is 16.2. The van der Waals surface area contributed by atoms with E-state index in [0.717, 1.165) is 36.8 Å². The van der Waals surface area contributed by atoms with Crippen LogP contribution in [0.1, 0.15) is 11.7 Å². The number of rotatable bonds is 3. The molecular weight excluding hydrogens is 366 g/mol. The highest BCUT2D eigenvalue weighted by Crippen LogP contribution is 2.23. The number of aromatic amines is 1. The molecule has 9 nitrogen and oxygen atoms in total. The Morgan fingerprint density at radius 2 is 2.11 bits per heavy atom. The fourth-order valence-electron chi connectivity index (χ4n) is 3.30. The average molecular weight is 382 g/mol. The van der Waals surface area contributed by atoms with Crippen LogP contribution >= 0.6 is 11.6 Å². The summed E-state index contributed by atoms with van der Waals surface area (Å²) >= 11 is 6.03. The molecule has 1 fully saturated rings. The topological polar surface area (TPSA) is 99.9 Å². The van der Waals surface area contributed by atoms with Crippen molar-refractivity contribution >= 4 is 23.1 Å². The summed E-state index contributed by atoms with van der Waals surface area (Å²) in [6.07, 6.45) is 10.4. The van der Waals surface area contributed by atoms with Gasteiger partial charge in [0.2, 0.25) is 0 Å². The van der Waals surface area contributed by atoms with Crippen molar-refractivity contribution in [1.82, 2.24) is 39.6 Å². The van der Waals surface area contributed by atoms with Crippen LogP contribution in [0.15, 0.2) is 43.4 Å². The van der Waals surface area contributed by atoms with Crippen LogP contribution in [0.4, 0.5) is 5.82 Å². The van der Waals surface area contributed by atoms with Gasteiger partial charge in [-0.15, -0.1) is 0 Å². The zero-order chi connectivity index (χ0) is 18.2. The SMILES string of the molecule is Clc1cn2c(-c3nccc(N4CCNC(c5cnc[nH]5)C4)n3)cnc2cn1. The normalized spacial score (nSPS) is 17.5. The Morgan fingerprint density at radius 1 is 1.15 bits per heavy atom. The predicted molar refractivity (Wildman–Crippen MR) is 101 cm³/mol. The Bertz CT molecular complexity index is 1080. The molecule has 2 N–H and O–H groups in total. The number of hydrogen-bond donors (Lipinski definition) is 2. The van der Waals surface area contributed by atoms with Crippen molar-refractivity contribution in [2.75, 3.05) is 24.5 Å². The van der Waals surface area contributed by atoms with Crippen LogP contribution < -0.4 is 10.2 Å². The minimum absolute atomic E-state index is 0.181. The van der Waals surface area contributed by atoms with Crippen LogP contribution in [-0.2, 0) is 0 Å². The number of nitrogens with one attached hydrogen (secondary N) is 2. The van der Waals surface area contributed by atoms with Gasteiger partial charge in [0.05, 0.1) is 30.5 Å². The van der Waals surface area contributed by atoms with E-state index in [1.807, 2.05) is 16.7 Å². The quantitative estimate of drug-likeness (QED) is 0.557. The lowest BCUT2D eigenvalue weighted by atomic mass is 10.1. The van der Waals surface area contributed by atoms with Crippen molar-refractivity contribution in [3.63, 3.8) is 0 Å². The third-order valence-corrected chi connectivity index (χ3v) is 4.82. The molecular formula is C17H16ClN9. The van der Waals surface area contributed by atoms with E-state index in [1.165, 1.54) is 0 Å². The number of halogens is 1. The molecule has 0 saturated carbocycles. The zero-order valence-corrected chi connectivity index (χ0v) is 15.0. The molecule has 10 heteroatoms. The second kappa shape index (κ2) is 6.60. The summed E-state index contributed by atoms with van der Waals surface area (Å²) in [7, 11) is 0. The molecule has 4 aromatic heterocycles. The molecule has 1 saturated heterocycles. The second-order valence-electron chi connectivity index (χ2n) is 6.28. The zero-order valence-electron chi connectivity index (χ0n) is 14.2. The van der Waals surface area contributed by atoms with Gasteiger partial charge in [0.25, 0.3) is 0 Å². The van der Waals surface area contributed by atoms with Gasteiger partial charge in [-0.25, -0.2) is 24.9 Å². The molecule has 0 aromatic carbocycles. The highest BCUT2D eigenvalue weighted by molar-refractivity contribution is 6.29. The molecule has 0 spiro atoms. The van der Waals surface area contributed by atoms with E-state index in [9.17, 15) is 0 Å². The summed E-state index contributed by atoms with van der Waals surface area (Å²) in [5, 5.41) is 3.89. The molecule has 0 amide bonds. The first-order valence-corrected chi connectivity index (χ1v) is 8.94. The molecule has 27 heavy (non-hydrogen) atoms. The number of H-pyrrole nitrogens is 1. The van der Waals surface area contributed by atoms with Gasteiger partial charge in [0.1, 0.15) is 16.7 Å². The summed E-state index contributed by atoms with van der Waals surface area (Å²) in [6, 6.07) is 2.11. The van der Waals surface area contributed by atoms with Crippen LogP contribution in [0.25, 0.3) is 17.2 Å². The largest absolute Gasteiger partial charge is 0.353 e. The highest BCUT2D eigenvalue weighted by atomic mass is 35.5. The molecule has 4 aromatic rings. The van der Waals surface area contributed by atoms with Gasteiger partial charge in [0.15, 0.2) is 11.5 Å². The fraction of sp³-hybridized carbons (Fsp3) is 0.235. The van der Waals surface area contributed by atoms with Gasteiger partial charge >= 0.3 is 0 Å². The summed E-state index contributed by atoms with van der Waals surface area (Å²) in [4.78, 5) is 27.1. The number of nitrogens with zero attached hydrogens (tertiary/aromatic N) is 7. The van der Waals surface area contributed by atoms with Gasteiger partial charge < -0.3 is 15.2 Å². The van der Waals surface area contributed by atoms with E-state index >= 15 is 0 Å². The summed E-state index contributed by atoms with van der Waals surface area (Å²) in [5.41, 5.74) is 2.54. The number of imidazole rings is 2. The maximum absolute atomic E-state index is 6.03. The summed E-state index contributed by atoms with van der Waals surface area (Å²) in [5.74, 6) is 1.47. The van der Waals surface area contributed by atoms with E-state index in [2.05, 4.69) is 35.1 Å². The lowest BCUT2D eigenvalue weighted by Crippen LogP contribution is -2.46. The van der Waals surface area contributed by atoms with Gasteiger partial charge in [-0.3, -0.25) is 4.40 Å². The van der Waals surface area contributed by atoms with Crippen molar-refractivity contribution < 1.29 is 0 Å². The third kappa shape index (κ3) is 3.00. The highest BCUT2D eigenvalue weighted by Gasteiger charge is 2.23. The lowest BCUT2D eigenvalue weighted by molar-refractivity contribution is 0.462. The smallest absolute Gasteiger partial charge is 0.180 e. The van der Waals surface area contributed by atoms with Crippen LogP contribution in [-0.4, -0.2) is 53.9 Å². The van der Waals surface area contributed by atoms with Crippen molar-refractivity contribution in [3.05, 3.63) is 54.2 Å². The first-order chi connectivity index (χ1) is 13.3. The Balaban J connectivity index is 1.47. The Labute approximate surface area is 159 Å². The summed E-state index contributed by atoms with van der Waals surface area (Å²) in [6.45, 7) is 2.52. The fourth-order valence-corrected chi connectivity index (χ4v) is 3.45. The number of piperazine rings is 1. The molecule has 1 aliphatic heterocycles. The van der Waals surface area contributed by atoms with E-state index in [-0.39, 0.29) is 6.04 Å². The van der Waals surface area contributed by atoms with Gasteiger partial charge in [-0.2, -0.15) is 0 Å². The standard InChI is InChI=1S/C17H16ClN9/c18-14-9-27-13(6-23-16(27)7-22-14)17-21-2-1-15(25-17)26-4-3-20-12(8-26)11-5-19-10-24-11/h1-2,5-7,9-10,12,20H,3-4,8H2,(H,19,24). The maximum atomic E-state index is 6.03. The molecule has 5 heterocycles. The van der Waals surface area contributed by atoms with Crippen LogP contribution in [0.3, 0.4) is 0 Å². The Kier molecular flexibility index (Phi) is 3.95. The van der Waals surface area contributed by atoms with Crippen LogP contribution in [0, 0.1) is 0 Å². The van der Waals surface area contributed by atoms with Crippen LogP contribution in [0.2, 0.25) is 5.15 Å².